The molecule has 2 aliphatic rings. The minimum atomic E-state index is -0.137. The van der Waals surface area contributed by atoms with Crippen LogP contribution in [0.15, 0.2) is 35.3 Å². The zero-order valence-electron chi connectivity index (χ0n) is 19.0. The number of hydrogen-bond donors (Lipinski definition) is 2. The summed E-state index contributed by atoms with van der Waals surface area (Å²) in [6.45, 7) is 7.54. The van der Waals surface area contributed by atoms with Crippen LogP contribution in [0.1, 0.15) is 37.7 Å². The highest BCUT2D eigenvalue weighted by Gasteiger charge is 2.25. The Morgan fingerprint density at radius 2 is 1.94 bits per heavy atom. The van der Waals surface area contributed by atoms with Gasteiger partial charge in [-0.2, -0.15) is 0 Å². The maximum absolute atomic E-state index is 11.3. The second-order valence-corrected chi connectivity index (χ2v) is 8.80. The molecule has 3 rings (SSSR count). The number of hydrogen-bond acceptors (Lipinski definition) is 4. The highest BCUT2D eigenvalue weighted by atomic mass is 16.5. The number of unbranched alkanes of at least 4 members (excludes halogenated alkanes) is 1. The molecule has 0 aromatic heterocycles. The molecule has 1 amide bonds. The Labute approximate surface area is 187 Å². The number of aliphatic imine (C=N–C) groups is 1. The van der Waals surface area contributed by atoms with Gasteiger partial charge in [-0.1, -0.05) is 30.3 Å². The van der Waals surface area contributed by atoms with Crippen LogP contribution < -0.4 is 11.1 Å². The number of carbonyl (C=O) groups is 1. The number of primary amides is 1. The summed E-state index contributed by atoms with van der Waals surface area (Å²) < 4.78 is 5.94. The number of nitrogens with one attached hydrogen (secondary N) is 1. The van der Waals surface area contributed by atoms with Gasteiger partial charge in [-0.05, 0) is 57.3 Å². The van der Waals surface area contributed by atoms with E-state index >= 15 is 0 Å². The Balaban J connectivity index is 1.25. The van der Waals surface area contributed by atoms with Crippen molar-refractivity contribution in [2.75, 3.05) is 52.9 Å². The van der Waals surface area contributed by atoms with Crippen LogP contribution in [0.5, 0.6) is 0 Å². The van der Waals surface area contributed by atoms with E-state index in [1.165, 1.54) is 5.56 Å². The molecule has 7 heteroatoms. The lowest BCUT2D eigenvalue weighted by Gasteiger charge is -2.30. The first-order valence-electron chi connectivity index (χ1n) is 11.7. The van der Waals surface area contributed by atoms with Gasteiger partial charge in [0.15, 0.2) is 5.96 Å². The highest BCUT2D eigenvalue weighted by Crippen LogP contribution is 2.18. The Bertz CT molecular complexity index is 688. The molecule has 31 heavy (non-hydrogen) atoms. The summed E-state index contributed by atoms with van der Waals surface area (Å²) in [7, 11) is 1.87. The van der Waals surface area contributed by atoms with Crippen molar-refractivity contribution in [1.82, 2.24) is 15.1 Å². The molecular formula is C24H39N5O2. The number of piperidine rings is 1. The van der Waals surface area contributed by atoms with Crippen molar-refractivity contribution in [3.63, 3.8) is 0 Å². The van der Waals surface area contributed by atoms with Gasteiger partial charge in [0.2, 0.25) is 5.91 Å². The van der Waals surface area contributed by atoms with Gasteiger partial charge in [0, 0.05) is 38.5 Å². The van der Waals surface area contributed by atoms with Crippen LogP contribution in [-0.2, 0) is 16.1 Å². The lowest BCUT2D eigenvalue weighted by atomic mass is 9.96. The summed E-state index contributed by atoms with van der Waals surface area (Å²) in [6.07, 6.45) is 5.24. The molecule has 7 nitrogen and oxygen atoms in total. The highest BCUT2D eigenvalue weighted by molar-refractivity contribution is 5.80. The average molecular weight is 430 g/mol. The zero-order chi connectivity index (χ0) is 21.9. The SMILES string of the molecule is CN=C(NCCCCN1CCC(C(N)=O)CC1)N1CCC(COCc2ccccc2)C1. The van der Waals surface area contributed by atoms with Crippen molar-refractivity contribution in [3.8, 4) is 0 Å². The first-order valence-corrected chi connectivity index (χ1v) is 11.7. The summed E-state index contributed by atoms with van der Waals surface area (Å²) >= 11 is 0. The third-order valence-corrected chi connectivity index (χ3v) is 6.44. The maximum Gasteiger partial charge on any atom is 0.220 e. The number of benzene rings is 1. The smallest absolute Gasteiger partial charge is 0.220 e. The summed E-state index contributed by atoms with van der Waals surface area (Å²) in [5, 5.41) is 3.53. The van der Waals surface area contributed by atoms with Crippen LogP contribution in [0.3, 0.4) is 0 Å². The van der Waals surface area contributed by atoms with Crippen LogP contribution >= 0.6 is 0 Å². The molecule has 1 atom stereocenters. The molecule has 2 heterocycles. The molecule has 2 fully saturated rings. The molecule has 1 aromatic rings. The third-order valence-electron chi connectivity index (χ3n) is 6.44. The summed E-state index contributed by atoms with van der Waals surface area (Å²) in [4.78, 5) is 20.6. The Morgan fingerprint density at radius 3 is 2.65 bits per heavy atom. The number of nitrogens with zero attached hydrogens (tertiary/aromatic N) is 3. The molecule has 172 valence electrons. The number of carbonyl (C=O) groups excluding carboxylic acids is 1. The number of guanidine groups is 1. The fourth-order valence-corrected chi connectivity index (χ4v) is 4.51. The van der Waals surface area contributed by atoms with E-state index in [1.807, 2.05) is 13.1 Å². The van der Waals surface area contributed by atoms with Crippen molar-refractivity contribution in [2.45, 2.75) is 38.7 Å². The van der Waals surface area contributed by atoms with Gasteiger partial charge in [-0.15, -0.1) is 0 Å². The van der Waals surface area contributed by atoms with Gasteiger partial charge in [0.05, 0.1) is 13.2 Å². The van der Waals surface area contributed by atoms with E-state index in [9.17, 15) is 4.79 Å². The topological polar surface area (TPSA) is 83.2 Å². The van der Waals surface area contributed by atoms with Crippen molar-refractivity contribution >= 4 is 11.9 Å². The van der Waals surface area contributed by atoms with E-state index in [4.69, 9.17) is 10.5 Å². The summed E-state index contributed by atoms with van der Waals surface area (Å²) in [5.74, 6) is 1.51. The molecule has 3 N–H and O–H groups in total. The largest absolute Gasteiger partial charge is 0.376 e. The van der Waals surface area contributed by atoms with Gasteiger partial charge in [-0.25, -0.2) is 0 Å². The summed E-state index contributed by atoms with van der Waals surface area (Å²) in [5.41, 5.74) is 6.64. The van der Waals surface area contributed by atoms with Crippen LogP contribution in [0, 0.1) is 11.8 Å². The van der Waals surface area contributed by atoms with E-state index in [1.54, 1.807) is 0 Å². The second kappa shape index (κ2) is 12.7. The normalized spacial score (nSPS) is 20.9. The second-order valence-electron chi connectivity index (χ2n) is 8.80. The number of nitrogens with two attached hydrogens (primary N) is 1. The number of rotatable bonds is 10. The summed E-state index contributed by atoms with van der Waals surface area (Å²) in [6, 6.07) is 10.4. The van der Waals surface area contributed by atoms with Gasteiger partial charge in [0.25, 0.3) is 0 Å². The standard InChI is InChI=1S/C24H39N5O2/c1-26-24(27-12-5-6-13-28-14-10-22(11-15-28)23(25)30)29-16-9-21(17-29)19-31-18-20-7-3-2-4-8-20/h2-4,7-8,21-22H,5-6,9-19H2,1H3,(H2,25,30)(H,26,27). The lowest BCUT2D eigenvalue weighted by molar-refractivity contribution is -0.123. The predicted octanol–water partition coefficient (Wildman–Crippen LogP) is 2.08. The maximum atomic E-state index is 11.3. The van der Waals surface area contributed by atoms with E-state index in [2.05, 4.69) is 44.4 Å². The minimum Gasteiger partial charge on any atom is -0.376 e. The fourth-order valence-electron chi connectivity index (χ4n) is 4.51. The van der Waals surface area contributed by atoms with Gasteiger partial charge < -0.3 is 25.6 Å². The molecule has 0 saturated carbocycles. The van der Waals surface area contributed by atoms with Crippen molar-refractivity contribution in [3.05, 3.63) is 35.9 Å². The number of amides is 1. The number of likely N-dealkylation sites (tertiary alicyclic amines) is 2. The van der Waals surface area contributed by atoms with Crippen molar-refractivity contribution in [1.29, 1.82) is 0 Å². The Morgan fingerprint density at radius 1 is 1.16 bits per heavy atom. The van der Waals surface area contributed by atoms with Gasteiger partial charge in [0.1, 0.15) is 0 Å². The minimum absolute atomic E-state index is 0.0780. The molecule has 2 saturated heterocycles. The van der Waals surface area contributed by atoms with E-state index in [0.717, 1.165) is 83.9 Å². The number of ether oxygens (including phenoxy) is 1. The molecule has 0 aliphatic carbocycles. The van der Waals surface area contributed by atoms with Crippen molar-refractivity contribution < 1.29 is 9.53 Å². The first kappa shape index (κ1) is 23.5. The third kappa shape index (κ3) is 7.82. The van der Waals surface area contributed by atoms with Gasteiger partial charge in [-0.3, -0.25) is 9.79 Å². The van der Waals surface area contributed by atoms with Crippen LogP contribution in [0.4, 0.5) is 0 Å². The van der Waals surface area contributed by atoms with E-state index in [-0.39, 0.29) is 11.8 Å². The first-order chi connectivity index (χ1) is 15.2. The molecular weight excluding hydrogens is 390 g/mol. The Hall–Kier alpha value is -2.12. The molecule has 0 radical (unpaired) electrons. The van der Waals surface area contributed by atoms with Crippen LogP contribution in [0.25, 0.3) is 0 Å². The molecule has 1 aromatic carbocycles. The Kier molecular flexibility index (Phi) is 9.62. The van der Waals surface area contributed by atoms with E-state index in [0.29, 0.717) is 12.5 Å². The quantitative estimate of drug-likeness (QED) is 0.338. The lowest BCUT2D eigenvalue weighted by Crippen LogP contribution is -2.41. The van der Waals surface area contributed by atoms with Crippen molar-refractivity contribution in [2.24, 2.45) is 22.6 Å². The predicted molar refractivity (Wildman–Crippen MR) is 125 cm³/mol. The molecule has 1 unspecified atom stereocenters. The zero-order valence-corrected chi connectivity index (χ0v) is 19.0. The van der Waals surface area contributed by atoms with Crippen LogP contribution in [-0.4, -0.2) is 74.6 Å². The fraction of sp³-hybridized carbons (Fsp3) is 0.667. The molecule has 0 spiro atoms. The molecule has 0 bridgehead atoms. The van der Waals surface area contributed by atoms with Gasteiger partial charge >= 0.3 is 0 Å². The monoisotopic (exact) mass is 429 g/mol. The molecule has 2 aliphatic heterocycles. The van der Waals surface area contributed by atoms with E-state index < -0.39 is 0 Å². The average Bonchev–Trinajstić information content (AvgIpc) is 3.26. The van der Waals surface area contributed by atoms with Crippen LogP contribution in [0.2, 0.25) is 0 Å².